The summed E-state index contributed by atoms with van der Waals surface area (Å²) in [5, 5.41) is 9.79. The summed E-state index contributed by atoms with van der Waals surface area (Å²) in [7, 11) is 1.77. The molecule has 1 N–H and O–H groups in total. The van der Waals surface area contributed by atoms with Gasteiger partial charge in [0.25, 0.3) is 0 Å². The van der Waals surface area contributed by atoms with E-state index >= 15 is 0 Å². The molecule has 13 heavy (non-hydrogen) atoms. The molecule has 0 bridgehead atoms. The second kappa shape index (κ2) is 2.85. The Morgan fingerprint density at radius 2 is 2.23 bits per heavy atom. The third-order valence-electron chi connectivity index (χ3n) is 2.21. The standard InChI is InChI=1S/C10H10FNO/c1-12-5-7(6-13)8-3-2-4-9(11)10(8)12/h2-5,13H,6H2,1H3. The predicted molar refractivity (Wildman–Crippen MR) is 48.8 cm³/mol. The molecule has 0 atom stereocenters. The summed E-state index contributed by atoms with van der Waals surface area (Å²) in [4.78, 5) is 0. The number of fused-ring (bicyclic) bond motifs is 1. The zero-order valence-electron chi connectivity index (χ0n) is 7.29. The fourth-order valence-corrected chi connectivity index (χ4v) is 1.63. The molecule has 0 amide bonds. The van der Waals surface area contributed by atoms with Crippen molar-refractivity contribution in [3.8, 4) is 0 Å². The average Bonchev–Trinajstić information content (AvgIpc) is 2.44. The van der Waals surface area contributed by atoms with E-state index in [0.29, 0.717) is 5.52 Å². The number of aryl methyl sites for hydroxylation is 1. The van der Waals surface area contributed by atoms with Crippen LogP contribution in [0, 0.1) is 5.82 Å². The normalized spacial score (nSPS) is 11.0. The summed E-state index contributed by atoms with van der Waals surface area (Å²) in [6.45, 7) is -0.0548. The van der Waals surface area contributed by atoms with Crippen molar-refractivity contribution in [3.05, 3.63) is 35.8 Å². The quantitative estimate of drug-likeness (QED) is 0.709. The number of para-hydroxylation sites is 1. The highest BCUT2D eigenvalue weighted by Crippen LogP contribution is 2.22. The first-order chi connectivity index (χ1) is 6.24. The molecule has 1 aromatic carbocycles. The molecule has 2 aromatic rings. The topological polar surface area (TPSA) is 25.2 Å². The van der Waals surface area contributed by atoms with Crippen LogP contribution in [0.2, 0.25) is 0 Å². The van der Waals surface area contributed by atoms with Gasteiger partial charge in [-0.05, 0) is 6.07 Å². The van der Waals surface area contributed by atoms with E-state index in [1.807, 2.05) is 6.07 Å². The van der Waals surface area contributed by atoms with Gasteiger partial charge >= 0.3 is 0 Å². The molecule has 2 nitrogen and oxygen atoms in total. The van der Waals surface area contributed by atoms with Crippen molar-refractivity contribution in [2.45, 2.75) is 6.61 Å². The molecule has 1 aromatic heterocycles. The lowest BCUT2D eigenvalue weighted by molar-refractivity contribution is 0.283. The van der Waals surface area contributed by atoms with Crippen LogP contribution in [0.15, 0.2) is 24.4 Å². The summed E-state index contributed by atoms with van der Waals surface area (Å²) in [5.41, 5.74) is 1.31. The summed E-state index contributed by atoms with van der Waals surface area (Å²) in [6, 6.07) is 4.88. The van der Waals surface area contributed by atoms with Gasteiger partial charge < -0.3 is 9.67 Å². The van der Waals surface area contributed by atoms with E-state index < -0.39 is 0 Å². The smallest absolute Gasteiger partial charge is 0.147 e. The molecule has 0 aliphatic rings. The molecular weight excluding hydrogens is 169 g/mol. The summed E-state index contributed by atoms with van der Waals surface area (Å²) in [5.74, 6) is -0.250. The highest BCUT2D eigenvalue weighted by Gasteiger charge is 2.08. The van der Waals surface area contributed by atoms with Gasteiger partial charge in [0.1, 0.15) is 5.82 Å². The molecular formula is C10H10FNO. The van der Waals surface area contributed by atoms with Crippen LogP contribution in [-0.2, 0) is 13.7 Å². The van der Waals surface area contributed by atoms with E-state index in [-0.39, 0.29) is 12.4 Å². The van der Waals surface area contributed by atoms with Crippen LogP contribution in [0.4, 0.5) is 4.39 Å². The van der Waals surface area contributed by atoms with Crippen LogP contribution in [0.25, 0.3) is 10.9 Å². The second-order valence-electron chi connectivity index (χ2n) is 3.06. The number of benzene rings is 1. The van der Waals surface area contributed by atoms with E-state index in [2.05, 4.69) is 0 Å². The fraction of sp³-hybridized carbons (Fsp3) is 0.200. The Morgan fingerprint density at radius 1 is 1.46 bits per heavy atom. The third kappa shape index (κ3) is 1.12. The van der Waals surface area contributed by atoms with Crippen LogP contribution < -0.4 is 0 Å². The lowest BCUT2D eigenvalue weighted by Gasteiger charge is -1.96. The van der Waals surface area contributed by atoms with Gasteiger partial charge in [0.15, 0.2) is 0 Å². The molecule has 0 aliphatic carbocycles. The largest absolute Gasteiger partial charge is 0.392 e. The lowest BCUT2D eigenvalue weighted by Crippen LogP contribution is -1.86. The number of halogens is 1. The lowest BCUT2D eigenvalue weighted by atomic mass is 10.2. The number of rotatable bonds is 1. The molecule has 1 heterocycles. The first-order valence-electron chi connectivity index (χ1n) is 4.07. The predicted octanol–water partition coefficient (Wildman–Crippen LogP) is 1.81. The average molecular weight is 179 g/mol. The van der Waals surface area contributed by atoms with Crippen molar-refractivity contribution in [1.82, 2.24) is 4.57 Å². The molecule has 0 radical (unpaired) electrons. The molecule has 0 saturated heterocycles. The monoisotopic (exact) mass is 179 g/mol. The molecule has 0 saturated carbocycles. The third-order valence-corrected chi connectivity index (χ3v) is 2.21. The maximum absolute atomic E-state index is 13.3. The van der Waals surface area contributed by atoms with Crippen molar-refractivity contribution >= 4 is 10.9 Å². The number of hydrogen-bond donors (Lipinski definition) is 1. The number of aromatic nitrogens is 1. The van der Waals surface area contributed by atoms with Gasteiger partial charge in [-0.15, -0.1) is 0 Å². The Hall–Kier alpha value is -1.35. The SMILES string of the molecule is Cn1cc(CO)c2cccc(F)c21. The molecule has 2 rings (SSSR count). The Bertz CT molecular complexity index is 447. The molecule has 0 spiro atoms. The molecule has 68 valence electrons. The zero-order chi connectivity index (χ0) is 9.42. The minimum Gasteiger partial charge on any atom is -0.392 e. The fourth-order valence-electron chi connectivity index (χ4n) is 1.63. The van der Waals surface area contributed by atoms with Crippen LogP contribution >= 0.6 is 0 Å². The maximum Gasteiger partial charge on any atom is 0.147 e. The van der Waals surface area contributed by atoms with Crippen molar-refractivity contribution in [3.63, 3.8) is 0 Å². The van der Waals surface area contributed by atoms with Crippen LogP contribution in [-0.4, -0.2) is 9.67 Å². The minimum atomic E-state index is -0.250. The van der Waals surface area contributed by atoms with Crippen LogP contribution in [0.5, 0.6) is 0 Å². The first-order valence-corrected chi connectivity index (χ1v) is 4.07. The first kappa shape index (κ1) is 8.26. The second-order valence-corrected chi connectivity index (χ2v) is 3.06. The Labute approximate surface area is 75.2 Å². The van der Waals surface area contributed by atoms with E-state index in [0.717, 1.165) is 10.9 Å². The van der Waals surface area contributed by atoms with E-state index in [9.17, 15) is 4.39 Å². The van der Waals surface area contributed by atoms with E-state index in [1.165, 1.54) is 6.07 Å². The molecule has 3 heteroatoms. The molecule has 0 unspecified atom stereocenters. The van der Waals surface area contributed by atoms with Crippen molar-refractivity contribution < 1.29 is 9.50 Å². The Kier molecular flexibility index (Phi) is 1.81. The van der Waals surface area contributed by atoms with Crippen LogP contribution in [0.1, 0.15) is 5.56 Å². The number of nitrogens with zero attached hydrogens (tertiary/aromatic N) is 1. The zero-order valence-corrected chi connectivity index (χ0v) is 7.29. The minimum absolute atomic E-state index is 0.0548. The highest BCUT2D eigenvalue weighted by molar-refractivity contribution is 5.84. The van der Waals surface area contributed by atoms with Gasteiger partial charge in [0, 0.05) is 24.2 Å². The van der Waals surface area contributed by atoms with Gasteiger partial charge in [-0.25, -0.2) is 4.39 Å². The molecule has 0 fully saturated rings. The summed E-state index contributed by atoms with van der Waals surface area (Å²) >= 11 is 0. The van der Waals surface area contributed by atoms with E-state index in [4.69, 9.17) is 5.11 Å². The summed E-state index contributed by atoms with van der Waals surface area (Å²) < 4.78 is 15.0. The van der Waals surface area contributed by atoms with Crippen molar-refractivity contribution in [1.29, 1.82) is 0 Å². The van der Waals surface area contributed by atoms with Gasteiger partial charge in [-0.2, -0.15) is 0 Å². The van der Waals surface area contributed by atoms with Gasteiger partial charge in [-0.1, -0.05) is 12.1 Å². The molecule has 0 aliphatic heterocycles. The maximum atomic E-state index is 13.3. The van der Waals surface area contributed by atoms with Gasteiger partial charge in [0.2, 0.25) is 0 Å². The number of aliphatic hydroxyl groups is 1. The number of aliphatic hydroxyl groups excluding tert-OH is 1. The highest BCUT2D eigenvalue weighted by atomic mass is 19.1. The van der Waals surface area contributed by atoms with Crippen molar-refractivity contribution in [2.24, 2.45) is 7.05 Å². The summed E-state index contributed by atoms with van der Waals surface area (Å²) in [6.07, 6.45) is 1.74. The van der Waals surface area contributed by atoms with E-state index in [1.54, 1.807) is 23.9 Å². The number of hydrogen-bond acceptors (Lipinski definition) is 1. The Morgan fingerprint density at radius 3 is 2.92 bits per heavy atom. The van der Waals surface area contributed by atoms with Gasteiger partial charge in [-0.3, -0.25) is 0 Å². The Balaban J connectivity index is 2.87. The van der Waals surface area contributed by atoms with Crippen LogP contribution in [0.3, 0.4) is 0 Å². The van der Waals surface area contributed by atoms with Crippen molar-refractivity contribution in [2.75, 3.05) is 0 Å². The van der Waals surface area contributed by atoms with Gasteiger partial charge in [0.05, 0.1) is 12.1 Å².